The fraction of sp³-hybridized carbons (Fsp3) is 0.364. The SMILES string of the molecule is CCS(=O)(=O)c1cccc(C(=O)N(CCN(C)C)c2nc3c(C)ccc(C)c3s2)c1. The molecule has 0 aliphatic rings. The van der Waals surface area contributed by atoms with E-state index in [-0.39, 0.29) is 16.6 Å². The predicted octanol–water partition coefficient (Wildman–Crippen LogP) is 3.92. The second kappa shape index (κ2) is 8.83. The van der Waals surface area contributed by atoms with E-state index in [4.69, 9.17) is 4.98 Å². The Morgan fingerprint density at radius 2 is 1.77 bits per heavy atom. The highest BCUT2D eigenvalue weighted by Crippen LogP contribution is 2.33. The van der Waals surface area contributed by atoms with Crippen LogP contribution in [0.4, 0.5) is 5.13 Å². The van der Waals surface area contributed by atoms with E-state index in [1.165, 1.54) is 23.5 Å². The number of carbonyl (C=O) groups is 1. The number of likely N-dealkylation sites (N-methyl/N-ethyl adjacent to an activating group) is 1. The summed E-state index contributed by atoms with van der Waals surface area (Å²) in [5, 5.41) is 0.623. The van der Waals surface area contributed by atoms with E-state index in [1.807, 2.05) is 38.9 Å². The van der Waals surface area contributed by atoms with Gasteiger partial charge < -0.3 is 4.90 Å². The molecule has 0 bridgehead atoms. The van der Waals surface area contributed by atoms with Gasteiger partial charge in [0.05, 0.1) is 20.9 Å². The van der Waals surface area contributed by atoms with Gasteiger partial charge in [0.2, 0.25) is 0 Å². The smallest absolute Gasteiger partial charge is 0.260 e. The molecule has 3 aromatic rings. The van der Waals surface area contributed by atoms with Crippen LogP contribution in [-0.4, -0.2) is 57.1 Å². The van der Waals surface area contributed by atoms with Crippen LogP contribution in [0.1, 0.15) is 28.4 Å². The third kappa shape index (κ3) is 4.55. The van der Waals surface area contributed by atoms with Crippen molar-refractivity contribution in [1.29, 1.82) is 0 Å². The van der Waals surface area contributed by atoms with Crippen LogP contribution in [-0.2, 0) is 9.84 Å². The predicted molar refractivity (Wildman–Crippen MR) is 123 cm³/mol. The van der Waals surface area contributed by atoms with Crippen LogP contribution in [0.5, 0.6) is 0 Å². The number of hydrogen-bond donors (Lipinski definition) is 0. The van der Waals surface area contributed by atoms with Crippen molar-refractivity contribution in [3.63, 3.8) is 0 Å². The first-order valence-corrected chi connectivity index (χ1v) is 12.3. The zero-order chi connectivity index (χ0) is 22.1. The standard InChI is InChI=1S/C22H27N3O3S2/c1-6-30(27,28)18-9-7-8-17(14-18)21(26)25(13-12-24(4)5)22-23-19-15(2)10-11-16(3)20(19)29-22/h7-11,14H,6,12-13H2,1-5H3. The molecule has 0 fully saturated rings. The van der Waals surface area contributed by atoms with Crippen molar-refractivity contribution in [3.8, 4) is 0 Å². The van der Waals surface area contributed by atoms with E-state index < -0.39 is 9.84 Å². The Morgan fingerprint density at radius 1 is 1.07 bits per heavy atom. The number of benzene rings is 2. The highest BCUT2D eigenvalue weighted by molar-refractivity contribution is 7.91. The Morgan fingerprint density at radius 3 is 2.40 bits per heavy atom. The molecule has 6 nitrogen and oxygen atoms in total. The maximum Gasteiger partial charge on any atom is 0.260 e. The van der Waals surface area contributed by atoms with Crippen molar-refractivity contribution in [1.82, 2.24) is 9.88 Å². The first-order chi connectivity index (χ1) is 14.1. The lowest BCUT2D eigenvalue weighted by Gasteiger charge is -2.22. The summed E-state index contributed by atoms with van der Waals surface area (Å²) < 4.78 is 25.6. The van der Waals surface area contributed by atoms with Gasteiger partial charge in [0.15, 0.2) is 15.0 Å². The molecule has 0 unspecified atom stereocenters. The molecule has 2 aromatic carbocycles. The van der Waals surface area contributed by atoms with Gasteiger partial charge in [-0.05, 0) is 57.3 Å². The van der Waals surface area contributed by atoms with Gasteiger partial charge in [0.1, 0.15) is 0 Å². The highest BCUT2D eigenvalue weighted by Gasteiger charge is 2.23. The van der Waals surface area contributed by atoms with Crippen LogP contribution in [0.15, 0.2) is 41.3 Å². The largest absolute Gasteiger partial charge is 0.308 e. The topological polar surface area (TPSA) is 70.6 Å². The third-order valence-corrected chi connectivity index (χ3v) is 7.94. The molecule has 0 aliphatic carbocycles. The molecule has 3 rings (SSSR count). The van der Waals surface area contributed by atoms with Crippen molar-refractivity contribution >= 4 is 42.4 Å². The third-order valence-electron chi connectivity index (χ3n) is 5.00. The summed E-state index contributed by atoms with van der Waals surface area (Å²) in [5.74, 6) is -0.259. The van der Waals surface area contributed by atoms with Crippen LogP contribution < -0.4 is 4.90 Å². The molecule has 0 N–H and O–H groups in total. The van der Waals surface area contributed by atoms with Gasteiger partial charge in [0, 0.05) is 18.7 Å². The van der Waals surface area contributed by atoms with Crippen LogP contribution in [0.25, 0.3) is 10.2 Å². The molecule has 0 saturated heterocycles. The van der Waals surface area contributed by atoms with E-state index >= 15 is 0 Å². The normalized spacial score (nSPS) is 11.9. The first kappa shape index (κ1) is 22.4. The molecule has 1 heterocycles. The second-order valence-electron chi connectivity index (χ2n) is 7.56. The summed E-state index contributed by atoms with van der Waals surface area (Å²) in [6, 6.07) is 10.4. The summed E-state index contributed by atoms with van der Waals surface area (Å²) in [6.45, 7) is 6.76. The number of aryl methyl sites for hydroxylation is 2. The summed E-state index contributed by atoms with van der Waals surface area (Å²) in [5.41, 5.74) is 3.43. The van der Waals surface area contributed by atoms with E-state index in [2.05, 4.69) is 6.07 Å². The van der Waals surface area contributed by atoms with E-state index in [9.17, 15) is 13.2 Å². The highest BCUT2D eigenvalue weighted by atomic mass is 32.2. The molecule has 8 heteroatoms. The number of thiazole rings is 1. The van der Waals surface area contributed by atoms with Gasteiger partial charge >= 0.3 is 0 Å². The van der Waals surface area contributed by atoms with Crippen molar-refractivity contribution in [3.05, 3.63) is 53.1 Å². The number of hydrogen-bond acceptors (Lipinski definition) is 6. The molecule has 0 saturated carbocycles. The number of sulfone groups is 1. The molecule has 0 spiro atoms. The Kier molecular flexibility index (Phi) is 6.59. The molecule has 0 atom stereocenters. The van der Waals surface area contributed by atoms with Gasteiger partial charge in [-0.25, -0.2) is 13.4 Å². The average Bonchev–Trinajstić information content (AvgIpc) is 3.17. The summed E-state index contributed by atoms with van der Waals surface area (Å²) in [6.07, 6.45) is 0. The number of nitrogens with zero attached hydrogens (tertiary/aromatic N) is 3. The first-order valence-electron chi connectivity index (χ1n) is 9.80. The molecule has 0 radical (unpaired) electrons. The lowest BCUT2D eigenvalue weighted by molar-refractivity contribution is 0.0985. The van der Waals surface area contributed by atoms with Crippen molar-refractivity contribution in [2.45, 2.75) is 25.7 Å². The van der Waals surface area contributed by atoms with Crippen LogP contribution in [0.2, 0.25) is 0 Å². The van der Waals surface area contributed by atoms with Gasteiger partial charge in [-0.1, -0.05) is 36.5 Å². The molecule has 1 aromatic heterocycles. The zero-order valence-electron chi connectivity index (χ0n) is 18.0. The van der Waals surface area contributed by atoms with E-state index in [1.54, 1.807) is 24.0 Å². The Labute approximate surface area is 182 Å². The zero-order valence-corrected chi connectivity index (χ0v) is 19.6. The Balaban J connectivity index is 2.07. The van der Waals surface area contributed by atoms with Crippen molar-refractivity contribution in [2.75, 3.05) is 37.8 Å². The van der Waals surface area contributed by atoms with Gasteiger partial charge in [-0.15, -0.1) is 0 Å². The Hall–Kier alpha value is -2.29. The lowest BCUT2D eigenvalue weighted by atomic mass is 10.1. The second-order valence-corrected chi connectivity index (χ2v) is 10.8. The number of amides is 1. The van der Waals surface area contributed by atoms with Crippen molar-refractivity contribution in [2.24, 2.45) is 0 Å². The summed E-state index contributed by atoms with van der Waals surface area (Å²) in [7, 11) is 0.502. The van der Waals surface area contributed by atoms with Gasteiger partial charge in [-0.3, -0.25) is 9.69 Å². The molecular formula is C22H27N3O3S2. The fourth-order valence-corrected chi connectivity index (χ4v) is 5.15. The summed E-state index contributed by atoms with van der Waals surface area (Å²) in [4.78, 5) is 22.0. The quantitative estimate of drug-likeness (QED) is 0.551. The maximum absolute atomic E-state index is 13.5. The lowest BCUT2D eigenvalue weighted by Crippen LogP contribution is -2.36. The van der Waals surface area contributed by atoms with E-state index in [0.717, 1.165) is 21.3 Å². The molecule has 0 aliphatic heterocycles. The number of rotatable bonds is 7. The number of fused-ring (bicyclic) bond motifs is 1. The fourth-order valence-electron chi connectivity index (χ4n) is 3.09. The molecule has 30 heavy (non-hydrogen) atoms. The van der Waals surface area contributed by atoms with Gasteiger partial charge in [0.25, 0.3) is 5.91 Å². The van der Waals surface area contributed by atoms with Crippen molar-refractivity contribution < 1.29 is 13.2 Å². The molecular weight excluding hydrogens is 418 g/mol. The monoisotopic (exact) mass is 445 g/mol. The van der Waals surface area contributed by atoms with Gasteiger partial charge in [-0.2, -0.15) is 0 Å². The average molecular weight is 446 g/mol. The molecule has 1 amide bonds. The van der Waals surface area contributed by atoms with Crippen LogP contribution in [0.3, 0.4) is 0 Å². The van der Waals surface area contributed by atoms with E-state index in [0.29, 0.717) is 23.8 Å². The number of carbonyl (C=O) groups excluding carboxylic acids is 1. The van der Waals surface area contributed by atoms with Crippen LogP contribution in [0, 0.1) is 13.8 Å². The summed E-state index contributed by atoms with van der Waals surface area (Å²) >= 11 is 1.49. The number of aromatic nitrogens is 1. The maximum atomic E-state index is 13.5. The minimum absolute atomic E-state index is 0.00852. The number of anilines is 1. The molecule has 160 valence electrons. The minimum atomic E-state index is -3.39. The van der Waals surface area contributed by atoms with Crippen LogP contribution >= 0.6 is 11.3 Å². The minimum Gasteiger partial charge on any atom is -0.308 e. The Bertz CT molecular complexity index is 1140.